The van der Waals surface area contributed by atoms with Crippen LogP contribution in [0.25, 0.3) is 0 Å². The van der Waals surface area contributed by atoms with Gasteiger partial charge >= 0.3 is 0 Å². The lowest BCUT2D eigenvalue weighted by Crippen LogP contribution is -2.46. The Bertz CT molecular complexity index is 337. The van der Waals surface area contributed by atoms with Crippen molar-refractivity contribution >= 4 is 11.3 Å². The Hall–Kier alpha value is -0.450. The van der Waals surface area contributed by atoms with E-state index in [2.05, 4.69) is 29.1 Å². The molecule has 2 unspecified atom stereocenters. The third-order valence-corrected chi connectivity index (χ3v) is 4.36. The number of rotatable bonds is 3. The molecule has 1 aromatic heterocycles. The zero-order chi connectivity index (χ0) is 11.5. The van der Waals surface area contributed by atoms with E-state index in [0.29, 0.717) is 12.1 Å². The second-order valence-electron chi connectivity index (χ2n) is 4.80. The summed E-state index contributed by atoms with van der Waals surface area (Å²) in [6, 6.07) is 1.04. The first-order valence-corrected chi connectivity index (χ1v) is 6.94. The first-order valence-electron chi connectivity index (χ1n) is 6.06. The zero-order valence-corrected chi connectivity index (χ0v) is 11.0. The minimum Gasteiger partial charge on any atom is -0.328 e. The van der Waals surface area contributed by atoms with E-state index in [0.717, 1.165) is 38.0 Å². The van der Waals surface area contributed by atoms with Crippen LogP contribution >= 0.6 is 11.3 Å². The van der Waals surface area contributed by atoms with Crippen molar-refractivity contribution in [3.63, 3.8) is 0 Å². The lowest BCUT2D eigenvalue weighted by molar-refractivity contribution is 0.149. The van der Waals surface area contributed by atoms with Crippen molar-refractivity contribution < 1.29 is 0 Å². The van der Waals surface area contributed by atoms with Crippen LogP contribution in [0.3, 0.4) is 0 Å². The van der Waals surface area contributed by atoms with Crippen molar-refractivity contribution in [2.75, 3.05) is 13.1 Å². The van der Waals surface area contributed by atoms with Gasteiger partial charge < -0.3 is 10.6 Å². The van der Waals surface area contributed by atoms with Crippen LogP contribution in [0.4, 0.5) is 0 Å². The van der Waals surface area contributed by atoms with E-state index >= 15 is 0 Å². The first-order chi connectivity index (χ1) is 7.65. The molecular formula is C12H21N3S. The molecule has 2 heterocycles. The Morgan fingerprint density at radius 1 is 1.62 bits per heavy atom. The number of piperidine rings is 1. The average molecular weight is 239 g/mol. The smallest absolute Gasteiger partial charge is 0.0940 e. The van der Waals surface area contributed by atoms with E-state index in [9.17, 15) is 0 Å². The van der Waals surface area contributed by atoms with E-state index in [-0.39, 0.29) is 0 Å². The summed E-state index contributed by atoms with van der Waals surface area (Å²) >= 11 is 1.78. The van der Waals surface area contributed by atoms with Crippen LogP contribution in [0.15, 0.2) is 5.38 Å². The predicted octanol–water partition coefficient (Wildman–Crippen LogP) is 1.81. The molecule has 1 aliphatic rings. The molecule has 0 saturated carbocycles. The number of nitrogens with zero attached hydrogens (tertiary/aromatic N) is 2. The highest BCUT2D eigenvalue weighted by molar-refractivity contribution is 7.09. The molecule has 1 aliphatic heterocycles. The normalized spacial score (nSPS) is 27.2. The van der Waals surface area contributed by atoms with Crippen LogP contribution in [0.5, 0.6) is 0 Å². The van der Waals surface area contributed by atoms with Gasteiger partial charge in [0.2, 0.25) is 0 Å². The van der Waals surface area contributed by atoms with Gasteiger partial charge in [0.1, 0.15) is 0 Å². The molecule has 0 spiro atoms. The number of nitrogens with two attached hydrogens (primary N) is 1. The largest absolute Gasteiger partial charge is 0.328 e. The SMILES string of the molecule is Cc1csc(CCN2CCC(N)CC2C)n1. The molecule has 4 heteroatoms. The summed E-state index contributed by atoms with van der Waals surface area (Å²) in [7, 11) is 0. The summed E-state index contributed by atoms with van der Waals surface area (Å²) in [5, 5.41) is 3.39. The summed E-state index contributed by atoms with van der Waals surface area (Å²) in [4.78, 5) is 7.04. The number of hydrogen-bond acceptors (Lipinski definition) is 4. The summed E-state index contributed by atoms with van der Waals surface area (Å²) in [5.74, 6) is 0. The second kappa shape index (κ2) is 5.25. The van der Waals surface area contributed by atoms with Crippen molar-refractivity contribution in [3.05, 3.63) is 16.1 Å². The standard InChI is InChI=1S/C12H21N3S/c1-9-8-16-12(14-9)4-6-15-5-3-11(13)7-10(15)2/h8,10-11H,3-7,13H2,1-2H3. The molecule has 3 nitrogen and oxygen atoms in total. The number of likely N-dealkylation sites (tertiary alicyclic amines) is 1. The van der Waals surface area contributed by atoms with Crippen LogP contribution in [-0.4, -0.2) is 35.1 Å². The van der Waals surface area contributed by atoms with Crippen LogP contribution in [0.1, 0.15) is 30.5 Å². The molecule has 1 saturated heterocycles. The number of aryl methyl sites for hydroxylation is 1. The van der Waals surface area contributed by atoms with Crippen molar-refractivity contribution in [1.82, 2.24) is 9.88 Å². The van der Waals surface area contributed by atoms with Gasteiger partial charge in [-0.05, 0) is 33.2 Å². The molecule has 2 rings (SSSR count). The summed E-state index contributed by atoms with van der Waals surface area (Å²) in [6.45, 7) is 6.61. The van der Waals surface area contributed by atoms with Crippen LogP contribution in [-0.2, 0) is 6.42 Å². The van der Waals surface area contributed by atoms with E-state index in [1.54, 1.807) is 11.3 Å². The van der Waals surface area contributed by atoms with Crippen molar-refractivity contribution in [3.8, 4) is 0 Å². The fraction of sp³-hybridized carbons (Fsp3) is 0.750. The van der Waals surface area contributed by atoms with Gasteiger partial charge in [-0.3, -0.25) is 0 Å². The summed E-state index contributed by atoms with van der Waals surface area (Å²) in [6.07, 6.45) is 3.36. The van der Waals surface area contributed by atoms with Gasteiger partial charge in [-0.2, -0.15) is 0 Å². The molecule has 2 N–H and O–H groups in total. The molecule has 2 atom stereocenters. The molecule has 1 fully saturated rings. The Kier molecular flexibility index (Phi) is 3.95. The van der Waals surface area contributed by atoms with Gasteiger partial charge in [0, 0.05) is 36.1 Å². The van der Waals surface area contributed by atoms with Crippen molar-refractivity contribution in [2.45, 2.75) is 45.2 Å². The zero-order valence-electron chi connectivity index (χ0n) is 10.1. The topological polar surface area (TPSA) is 42.1 Å². The number of hydrogen-bond donors (Lipinski definition) is 1. The minimum atomic E-state index is 0.411. The molecular weight excluding hydrogens is 218 g/mol. The van der Waals surface area contributed by atoms with Crippen LogP contribution in [0.2, 0.25) is 0 Å². The predicted molar refractivity (Wildman–Crippen MR) is 68.8 cm³/mol. The maximum Gasteiger partial charge on any atom is 0.0940 e. The number of aromatic nitrogens is 1. The lowest BCUT2D eigenvalue weighted by atomic mass is 9.99. The third-order valence-electron chi connectivity index (χ3n) is 3.33. The second-order valence-corrected chi connectivity index (χ2v) is 5.74. The maximum atomic E-state index is 5.96. The Balaban J connectivity index is 1.81. The molecule has 0 aliphatic carbocycles. The van der Waals surface area contributed by atoms with E-state index in [4.69, 9.17) is 5.73 Å². The molecule has 90 valence electrons. The third kappa shape index (κ3) is 3.03. The molecule has 0 bridgehead atoms. The monoisotopic (exact) mass is 239 g/mol. The van der Waals surface area contributed by atoms with E-state index in [1.807, 2.05) is 0 Å². The van der Waals surface area contributed by atoms with Gasteiger partial charge in [0.15, 0.2) is 0 Å². The molecule has 0 radical (unpaired) electrons. The Morgan fingerprint density at radius 3 is 3.06 bits per heavy atom. The van der Waals surface area contributed by atoms with Crippen LogP contribution in [0, 0.1) is 6.92 Å². The fourth-order valence-corrected chi connectivity index (χ4v) is 3.11. The number of thiazole rings is 1. The van der Waals surface area contributed by atoms with Gasteiger partial charge in [0.05, 0.1) is 5.01 Å². The molecule has 0 aromatic carbocycles. The van der Waals surface area contributed by atoms with Crippen LogP contribution < -0.4 is 5.73 Å². The van der Waals surface area contributed by atoms with E-state index in [1.165, 1.54) is 5.01 Å². The maximum absolute atomic E-state index is 5.96. The van der Waals surface area contributed by atoms with Gasteiger partial charge in [-0.15, -0.1) is 11.3 Å². The molecule has 1 aromatic rings. The lowest BCUT2D eigenvalue weighted by Gasteiger charge is -2.36. The first kappa shape index (κ1) is 12.0. The Morgan fingerprint density at radius 2 is 2.44 bits per heavy atom. The summed E-state index contributed by atoms with van der Waals surface area (Å²) in [5.41, 5.74) is 7.11. The van der Waals surface area contributed by atoms with Crippen molar-refractivity contribution in [1.29, 1.82) is 0 Å². The average Bonchev–Trinajstić information content (AvgIpc) is 2.63. The van der Waals surface area contributed by atoms with Gasteiger partial charge in [-0.25, -0.2) is 4.98 Å². The Labute approximate surface area is 102 Å². The van der Waals surface area contributed by atoms with E-state index < -0.39 is 0 Å². The highest BCUT2D eigenvalue weighted by atomic mass is 32.1. The minimum absolute atomic E-state index is 0.411. The van der Waals surface area contributed by atoms with Gasteiger partial charge in [-0.1, -0.05) is 0 Å². The van der Waals surface area contributed by atoms with Crippen molar-refractivity contribution in [2.24, 2.45) is 5.73 Å². The molecule has 0 amide bonds. The fourth-order valence-electron chi connectivity index (χ4n) is 2.35. The summed E-state index contributed by atoms with van der Waals surface area (Å²) < 4.78 is 0. The highest BCUT2D eigenvalue weighted by Gasteiger charge is 2.22. The molecule has 16 heavy (non-hydrogen) atoms. The van der Waals surface area contributed by atoms with Gasteiger partial charge in [0.25, 0.3) is 0 Å². The quantitative estimate of drug-likeness (QED) is 0.874. The highest BCUT2D eigenvalue weighted by Crippen LogP contribution is 2.17.